The van der Waals surface area contributed by atoms with E-state index in [0.29, 0.717) is 18.5 Å². The molecule has 0 aliphatic rings. The minimum Gasteiger partial charge on any atom is -0.302 e. The lowest BCUT2D eigenvalue weighted by molar-refractivity contribution is 0.0976. The van der Waals surface area contributed by atoms with Crippen molar-refractivity contribution in [2.24, 2.45) is 0 Å². The topological polar surface area (TPSA) is 20.3 Å². The van der Waals surface area contributed by atoms with Crippen LogP contribution in [-0.4, -0.2) is 24.3 Å². The lowest BCUT2D eigenvalue weighted by Gasteiger charge is -2.16. The fourth-order valence-electron chi connectivity index (χ4n) is 2.27. The summed E-state index contributed by atoms with van der Waals surface area (Å²) in [5, 5.41) is 0. The highest BCUT2D eigenvalue weighted by Crippen LogP contribution is 2.10. The lowest BCUT2D eigenvalue weighted by atomic mass is 10.1. The zero-order valence-electron chi connectivity index (χ0n) is 12.3. The van der Waals surface area contributed by atoms with Crippen LogP contribution in [-0.2, 0) is 6.54 Å². The third-order valence-electron chi connectivity index (χ3n) is 3.44. The van der Waals surface area contributed by atoms with E-state index in [1.54, 1.807) is 12.1 Å². The Morgan fingerprint density at radius 3 is 2.43 bits per heavy atom. The van der Waals surface area contributed by atoms with Crippen LogP contribution in [0.2, 0.25) is 0 Å². The van der Waals surface area contributed by atoms with Crippen LogP contribution in [0, 0.1) is 5.82 Å². The normalized spacial score (nSPS) is 10.8. The van der Waals surface area contributed by atoms with Gasteiger partial charge in [0.2, 0.25) is 0 Å². The first kappa shape index (κ1) is 15.4. The monoisotopic (exact) mass is 285 g/mol. The molecule has 0 saturated heterocycles. The van der Waals surface area contributed by atoms with Crippen LogP contribution in [0.15, 0.2) is 54.6 Å². The first-order chi connectivity index (χ1) is 10.2. The number of hydrogen-bond donors (Lipinski definition) is 0. The molecule has 0 atom stereocenters. The number of ketones is 1. The molecule has 21 heavy (non-hydrogen) atoms. The number of benzene rings is 2. The Balaban J connectivity index is 1.76. The molecule has 0 aromatic heterocycles. The van der Waals surface area contributed by atoms with Crippen molar-refractivity contribution in [2.75, 3.05) is 13.6 Å². The fraction of sp³-hybridized carbons (Fsp3) is 0.278. The molecule has 0 bridgehead atoms. The van der Waals surface area contributed by atoms with Crippen molar-refractivity contribution < 1.29 is 9.18 Å². The Labute approximate surface area is 125 Å². The van der Waals surface area contributed by atoms with Crippen LogP contribution in [0.25, 0.3) is 0 Å². The Kier molecular flexibility index (Phi) is 5.64. The van der Waals surface area contributed by atoms with Crippen molar-refractivity contribution in [1.29, 1.82) is 0 Å². The van der Waals surface area contributed by atoms with Gasteiger partial charge in [0.15, 0.2) is 5.78 Å². The molecule has 0 spiro atoms. The molecule has 0 aliphatic carbocycles. The summed E-state index contributed by atoms with van der Waals surface area (Å²) in [6.07, 6.45) is 1.30. The van der Waals surface area contributed by atoms with Gasteiger partial charge in [-0.1, -0.05) is 48.5 Å². The maximum absolute atomic E-state index is 13.5. The molecule has 110 valence electrons. The van der Waals surface area contributed by atoms with Crippen LogP contribution < -0.4 is 0 Å². The number of carbonyl (C=O) groups is 1. The summed E-state index contributed by atoms with van der Waals surface area (Å²) in [5.74, 6) is -0.0143. The number of hydrogen-bond acceptors (Lipinski definition) is 2. The summed E-state index contributed by atoms with van der Waals surface area (Å²) in [5.41, 5.74) is 1.45. The van der Waals surface area contributed by atoms with E-state index in [9.17, 15) is 9.18 Å². The predicted molar refractivity (Wildman–Crippen MR) is 82.7 cm³/mol. The Hall–Kier alpha value is -2.00. The van der Waals surface area contributed by atoms with Crippen molar-refractivity contribution in [3.8, 4) is 0 Å². The molecular formula is C18H20FNO. The van der Waals surface area contributed by atoms with E-state index in [1.165, 1.54) is 6.07 Å². The summed E-state index contributed by atoms with van der Waals surface area (Å²) in [7, 11) is 1.94. The smallest absolute Gasteiger partial charge is 0.162 e. The highest BCUT2D eigenvalue weighted by molar-refractivity contribution is 5.95. The number of carbonyl (C=O) groups excluding carboxylic acids is 1. The summed E-state index contributed by atoms with van der Waals surface area (Å²) >= 11 is 0. The van der Waals surface area contributed by atoms with Gasteiger partial charge in [-0.2, -0.15) is 0 Å². The Morgan fingerprint density at radius 1 is 1.05 bits per heavy atom. The highest BCUT2D eigenvalue weighted by atomic mass is 19.1. The van der Waals surface area contributed by atoms with Gasteiger partial charge in [0, 0.05) is 24.1 Å². The van der Waals surface area contributed by atoms with Gasteiger partial charge in [-0.15, -0.1) is 0 Å². The molecule has 2 rings (SSSR count). The number of halogens is 1. The van der Waals surface area contributed by atoms with Gasteiger partial charge < -0.3 is 4.90 Å². The SMILES string of the molecule is CN(CCCC(=O)c1ccccc1)Cc1ccccc1F. The lowest BCUT2D eigenvalue weighted by Crippen LogP contribution is -2.20. The number of nitrogens with zero attached hydrogens (tertiary/aromatic N) is 1. The molecule has 0 fully saturated rings. The molecule has 0 amide bonds. The molecule has 0 N–H and O–H groups in total. The summed E-state index contributed by atoms with van der Waals surface area (Å²) in [6.45, 7) is 1.33. The van der Waals surface area contributed by atoms with Gasteiger partial charge in [-0.05, 0) is 26.1 Å². The predicted octanol–water partition coefficient (Wildman–Crippen LogP) is 3.92. The number of Topliss-reactive ketones (excluding diaryl/α,β-unsaturated/α-hetero) is 1. The van der Waals surface area contributed by atoms with Gasteiger partial charge in [0.1, 0.15) is 5.82 Å². The molecular weight excluding hydrogens is 265 g/mol. The molecule has 2 nitrogen and oxygen atoms in total. The van der Waals surface area contributed by atoms with E-state index in [-0.39, 0.29) is 11.6 Å². The van der Waals surface area contributed by atoms with Crippen LogP contribution in [0.5, 0.6) is 0 Å². The summed E-state index contributed by atoms with van der Waals surface area (Å²) in [4.78, 5) is 14.0. The average molecular weight is 285 g/mol. The molecule has 2 aromatic rings. The highest BCUT2D eigenvalue weighted by Gasteiger charge is 2.07. The molecule has 3 heteroatoms. The summed E-state index contributed by atoms with van der Waals surface area (Å²) < 4.78 is 13.5. The average Bonchev–Trinajstić information content (AvgIpc) is 2.50. The maximum atomic E-state index is 13.5. The zero-order chi connectivity index (χ0) is 15.1. The quantitative estimate of drug-likeness (QED) is 0.719. The molecule has 0 unspecified atom stereocenters. The standard InChI is InChI=1S/C18H20FNO/c1-20(14-16-10-5-6-11-17(16)19)13-7-12-18(21)15-8-3-2-4-9-15/h2-6,8-11H,7,12-14H2,1H3. The van der Waals surface area contributed by atoms with Gasteiger partial charge in [-0.3, -0.25) is 4.79 Å². The van der Waals surface area contributed by atoms with Crippen molar-refractivity contribution in [1.82, 2.24) is 4.90 Å². The van der Waals surface area contributed by atoms with Gasteiger partial charge in [0.05, 0.1) is 0 Å². The van der Waals surface area contributed by atoms with E-state index in [1.807, 2.05) is 48.3 Å². The van der Waals surface area contributed by atoms with Crippen LogP contribution in [0.3, 0.4) is 0 Å². The molecule has 0 heterocycles. The van der Waals surface area contributed by atoms with Gasteiger partial charge in [-0.25, -0.2) is 4.39 Å². The maximum Gasteiger partial charge on any atom is 0.162 e. The third-order valence-corrected chi connectivity index (χ3v) is 3.44. The largest absolute Gasteiger partial charge is 0.302 e. The second-order valence-electron chi connectivity index (χ2n) is 5.22. The zero-order valence-corrected chi connectivity index (χ0v) is 12.3. The summed E-state index contributed by atoms with van der Waals surface area (Å²) in [6, 6.07) is 16.1. The Morgan fingerprint density at radius 2 is 1.71 bits per heavy atom. The molecule has 0 saturated carbocycles. The minimum absolute atomic E-state index is 0.162. The van der Waals surface area contributed by atoms with Crippen molar-refractivity contribution in [2.45, 2.75) is 19.4 Å². The van der Waals surface area contributed by atoms with E-state index in [0.717, 1.165) is 18.5 Å². The fourth-order valence-corrected chi connectivity index (χ4v) is 2.27. The first-order valence-corrected chi connectivity index (χ1v) is 7.17. The van der Waals surface area contributed by atoms with Crippen molar-refractivity contribution in [3.63, 3.8) is 0 Å². The first-order valence-electron chi connectivity index (χ1n) is 7.17. The van der Waals surface area contributed by atoms with Crippen LogP contribution in [0.1, 0.15) is 28.8 Å². The number of rotatable bonds is 7. The van der Waals surface area contributed by atoms with Crippen molar-refractivity contribution in [3.05, 3.63) is 71.5 Å². The second-order valence-corrected chi connectivity index (χ2v) is 5.22. The van der Waals surface area contributed by atoms with Gasteiger partial charge >= 0.3 is 0 Å². The van der Waals surface area contributed by atoms with E-state index >= 15 is 0 Å². The third kappa shape index (κ3) is 4.80. The molecule has 0 radical (unpaired) electrons. The van der Waals surface area contributed by atoms with Gasteiger partial charge in [0.25, 0.3) is 0 Å². The Bertz CT molecular complexity index is 583. The minimum atomic E-state index is -0.176. The van der Waals surface area contributed by atoms with E-state index in [4.69, 9.17) is 0 Å². The van der Waals surface area contributed by atoms with E-state index in [2.05, 4.69) is 0 Å². The van der Waals surface area contributed by atoms with E-state index < -0.39 is 0 Å². The van der Waals surface area contributed by atoms with Crippen LogP contribution in [0.4, 0.5) is 4.39 Å². The molecule has 2 aromatic carbocycles. The van der Waals surface area contributed by atoms with Crippen molar-refractivity contribution >= 4 is 5.78 Å². The van der Waals surface area contributed by atoms with Crippen LogP contribution >= 0.6 is 0 Å². The molecule has 0 aliphatic heterocycles. The second kappa shape index (κ2) is 7.70.